The van der Waals surface area contributed by atoms with Gasteiger partial charge >= 0.3 is 0 Å². The lowest BCUT2D eigenvalue weighted by Crippen LogP contribution is -2.15. The standard InChI is InChI=1S/C13H14BrN3O2S/c1-8-11(9(2)19-17-8)6-20-7-13(18)16-12-4-3-10(14)5-15-12/h3-5H,6-7H2,1-2H3,(H,15,16,18). The van der Waals surface area contributed by atoms with E-state index < -0.39 is 0 Å². The molecule has 106 valence electrons. The Balaban J connectivity index is 1.79. The van der Waals surface area contributed by atoms with Crippen molar-refractivity contribution < 1.29 is 9.32 Å². The van der Waals surface area contributed by atoms with Gasteiger partial charge in [0.15, 0.2) is 0 Å². The van der Waals surface area contributed by atoms with E-state index in [4.69, 9.17) is 4.52 Å². The number of amides is 1. The average Bonchev–Trinajstić information content (AvgIpc) is 2.73. The summed E-state index contributed by atoms with van der Waals surface area (Å²) in [5.41, 5.74) is 1.94. The van der Waals surface area contributed by atoms with Gasteiger partial charge in [-0.25, -0.2) is 4.98 Å². The summed E-state index contributed by atoms with van der Waals surface area (Å²) in [6, 6.07) is 3.58. The van der Waals surface area contributed by atoms with Gasteiger partial charge in [-0.1, -0.05) is 5.16 Å². The predicted octanol–water partition coefficient (Wildman–Crippen LogP) is 3.32. The van der Waals surface area contributed by atoms with Gasteiger partial charge in [-0.2, -0.15) is 0 Å². The normalized spacial score (nSPS) is 10.6. The number of nitrogens with one attached hydrogen (secondary N) is 1. The number of rotatable bonds is 5. The molecule has 2 aromatic heterocycles. The number of carbonyl (C=O) groups is 1. The Hall–Kier alpha value is -1.34. The zero-order valence-electron chi connectivity index (χ0n) is 11.1. The van der Waals surface area contributed by atoms with Gasteiger partial charge in [0.05, 0.1) is 11.4 Å². The third-order valence-corrected chi connectivity index (χ3v) is 4.08. The van der Waals surface area contributed by atoms with Gasteiger partial charge in [-0.15, -0.1) is 11.8 Å². The fraction of sp³-hybridized carbons (Fsp3) is 0.308. The average molecular weight is 356 g/mol. The van der Waals surface area contributed by atoms with Crippen molar-refractivity contribution in [1.29, 1.82) is 0 Å². The summed E-state index contributed by atoms with van der Waals surface area (Å²) >= 11 is 4.82. The van der Waals surface area contributed by atoms with Gasteiger partial charge in [0, 0.05) is 22.0 Å². The van der Waals surface area contributed by atoms with Crippen molar-refractivity contribution in [2.45, 2.75) is 19.6 Å². The van der Waals surface area contributed by atoms with Crippen molar-refractivity contribution in [1.82, 2.24) is 10.1 Å². The van der Waals surface area contributed by atoms with E-state index in [9.17, 15) is 4.79 Å². The maximum Gasteiger partial charge on any atom is 0.235 e. The molecule has 0 radical (unpaired) electrons. The Bertz CT molecular complexity index is 579. The van der Waals surface area contributed by atoms with Crippen molar-refractivity contribution in [3.63, 3.8) is 0 Å². The van der Waals surface area contributed by atoms with Crippen LogP contribution in [0.25, 0.3) is 0 Å². The van der Waals surface area contributed by atoms with Crippen molar-refractivity contribution in [3.8, 4) is 0 Å². The van der Waals surface area contributed by atoms with Gasteiger partial charge in [-0.05, 0) is 41.9 Å². The van der Waals surface area contributed by atoms with Crippen molar-refractivity contribution in [3.05, 3.63) is 39.8 Å². The molecule has 0 aliphatic carbocycles. The second kappa shape index (κ2) is 6.90. The third kappa shape index (κ3) is 4.08. The summed E-state index contributed by atoms with van der Waals surface area (Å²) in [6.07, 6.45) is 1.65. The van der Waals surface area contributed by atoms with E-state index in [0.29, 0.717) is 17.3 Å². The number of nitrogens with zero attached hydrogens (tertiary/aromatic N) is 2. The minimum absolute atomic E-state index is 0.0726. The van der Waals surface area contributed by atoms with E-state index in [-0.39, 0.29) is 5.91 Å². The van der Waals surface area contributed by atoms with E-state index in [1.807, 2.05) is 19.9 Å². The lowest BCUT2D eigenvalue weighted by molar-refractivity contribution is -0.113. The molecule has 0 bridgehead atoms. The van der Waals surface area contributed by atoms with E-state index in [0.717, 1.165) is 21.5 Å². The van der Waals surface area contributed by atoms with Gasteiger partial charge in [0.25, 0.3) is 0 Å². The monoisotopic (exact) mass is 355 g/mol. The summed E-state index contributed by atoms with van der Waals surface area (Å²) in [4.78, 5) is 15.9. The first-order valence-electron chi connectivity index (χ1n) is 5.97. The number of carbonyl (C=O) groups excluding carboxylic acids is 1. The molecule has 0 fully saturated rings. The molecule has 0 saturated heterocycles. The van der Waals surface area contributed by atoms with Crippen molar-refractivity contribution in [2.75, 3.05) is 11.1 Å². The van der Waals surface area contributed by atoms with Crippen LogP contribution in [0, 0.1) is 13.8 Å². The molecule has 20 heavy (non-hydrogen) atoms. The van der Waals surface area contributed by atoms with Crippen LogP contribution in [0.2, 0.25) is 0 Å². The van der Waals surface area contributed by atoms with Crippen molar-refractivity contribution >= 4 is 39.4 Å². The molecule has 2 heterocycles. The van der Waals surface area contributed by atoms with E-state index in [1.54, 1.807) is 12.3 Å². The molecule has 0 atom stereocenters. The van der Waals surface area contributed by atoms with Gasteiger partial charge in [0.1, 0.15) is 11.6 Å². The Labute approximate surface area is 129 Å². The smallest absolute Gasteiger partial charge is 0.235 e. The second-order valence-electron chi connectivity index (χ2n) is 4.21. The first kappa shape index (κ1) is 15.1. The number of anilines is 1. The Morgan fingerprint density at radius 1 is 1.45 bits per heavy atom. The fourth-order valence-electron chi connectivity index (χ4n) is 1.58. The lowest BCUT2D eigenvalue weighted by atomic mass is 10.2. The molecule has 0 aliphatic rings. The molecule has 0 spiro atoms. The zero-order valence-corrected chi connectivity index (χ0v) is 13.5. The van der Waals surface area contributed by atoms with Crippen LogP contribution < -0.4 is 5.32 Å². The molecule has 7 heteroatoms. The molecule has 2 aromatic rings. The van der Waals surface area contributed by atoms with Gasteiger partial charge in [0.2, 0.25) is 5.91 Å². The van der Waals surface area contributed by atoms with E-state index in [2.05, 4.69) is 31.4 Å². The Morgan fingerprint density at radius 2 is 2.25 bits per heavy atom. The summed E-state index contributed by atoms with van der Waals surface area (Å²) in [7, 11) is 0. The summed E-state index contributed by atoms with van der Waals surface area (Å²) in [5.74, 6) is 2.36. The highest BCUT2D eigenvalue weighted by molar-refractivity contribution is 9.10. The minimum atomic E-state index is -0.0726. The largest absolute Gasteiger partial charge is 0.361 e. The molecule has 0 saturated carbocycles. The quantitative estimate of drug-likeness (QED) is 0.890. The summed E-state index contributed by atoms with van der Waals surface area (Å²) < 4.78 is 5.96. The number of aromatic nitrogens is 2. The van der Waals surface area contributed by atoms with Crippen LogP contribution in [0.5, 0.6) is 0 Å². The summed E-state index contributed by atoms with van der Waals surface area (Å²) in [6.45, 7) is 3.78. The molecule has 1 N–H and O–H groups in total. The highest BCUT2D eigenvalue weighted by Gasteiger charge is 2.10. The first-order valence-corrected chi connectivity index (χ1v) is 7.92. The molecular weight excluding hydrogens is 342 g/mol. The molecule has 0 aliphatic heterocycles. The van der Waals surface area contributed by atoms with E-state index in [1.165, 1.54) is 11.8 Å². The molecule has 1 amide bonds. The number of pyridine rings is 1. The molecule has 0 aromatic carbocycles. The highest BCUT2D eigenvalue weighted by atomic mass is 79.9. The van der Waals surface area contributed by atoms with E-state index >= 15 is 0 Å². The van der Waals surface area contributed by atoms with Crippen LogP contribution >= 0.6 is 27.7 Å². The predicted molar refractivity (Wildman–Crippen MR) is 82.7 cm³/mol. The van der Waals surface area contributed by atoms with Crippen LogP contribution in [0.3, 0.4) is 0 Å². The number of thioether (sulfide) groups is 1. The number of hydrogen-bond acceptors (Lipinski definition) is 5. The molecule has 5 nitrogen and oxygen atoms in total. The van der Waals surface area contributed by atoms with Gasteiger partial charge in [-0.3, -0.25) is 4.79 Å². The van der Waals surface area contributed by atoms with Crippen LogP contribution in [0.4, 0.5) is 5.82 Å². The number of halogens is 1. The van der Waals surface area contributed by atoms with Crippen LogP contribution in [-0.4, -0.2) is 21.8 Å². The highest BCUT2D eigenvalue weighted by Crippen LogP contribution is 2.19. The maximum absolute atomic E-state index is 11.8. The van der Waals surface area contributed by atoms with Crippen LogP contribution in [0.1, 0.15) is 17.0 Å². The lowest BCUT2D eigenvalue weighted by Gasteiger charge is -2.04. The van der Waals surface area contributed by atoms with Crippen molar-refractivity contribution in [2.24, 2.45) is 0 Å². The summed E-state index contributed by atoms with van der Waals surface area (Å²) in [5, 5.41) is 6.63. The molecule has 0 unspecified atom stereocenters. The first-order chi connectivity index (χ1) is 9.56. The number of aryl methyl sites for hydroxylation is 2. The fourth-order valence-corrected chi connectivity index (χ4v) is 2.79. The Morgan fingerprint density at radius 3 is 2.85 bits per heavy atom. The zero-order chi connectivity index (χ0) is 14.5. The number of hydrogen-bond donors (Lipinski definition) is 1. The third-order valence-electron chi connectivity index (χ3n) is 2.66. The topological polar surface area (TPSA) is 68.0 Å². The molecular formula is C13H14BrN3O2S. The SMILES string of the molecule is Cc1noc(C)c1CSCC(=O)Nc1ccc(Br)cn1. The molecule has 2 rings (SSSR count). The van der Waals surface area contributed by atoms with Gasteiger partial charge < -0.3 is 9.84 Å². The van der Waals surface area contributed by atoms with Crippen LogP contribution in [0.15, 0.2) is 27.3 Å². The maximum atomic E-state index is 11.8. The van der Waals surface area contributed by atoms with Crippen LogP contribution in [-0.2, 0) is 10.5 Å². The Kier molecular flexibility index (Phi) is 5.19. The minimum Gasteiger partial charge on any atom is -0.361 e. The second-order valence-corrected chi connectivity index (χ2v) is 6.11.